The van der Waals surface area contributed by atoms with Crippen molar-refractivity contribution in [1.82, 2.24) is 14.1 Å². The minimum Gasteiger partial charge on any atom is -0.469 e. The molecule has 8 nitrogen and oxygen atoms in total. The van der Waals surface area contributed by atoms with Gasteiger partial charge in [-0.25, -0.2) is 8.42 Å². The van der Waals surface area contributed by atoms with Crippen LogP contribution in [0, 0.1) is 11.8 Å². The molecule has 20 heavy (non-hydrogen) atoms. The van der Waals surface area contributed by atoms with Crippen LogP contribution in [-0.2, 0) is 26.6 Å². The molecule has 0 spiro atoms. The second-order valence-corrected chi connectivity index (χ2v) is 6.89. The number of sulfonamides is 1. The highest BCUT2D eigenvalue weighted by molar-refractivity contribution is 7.89. The molecule has 0 radical (unpaired) electrons. The first-order valence-corrected chi connectivity index (χ1v) is 7.58. The first-order chi connectivity index (χ1) is 9.27. The van der Waals surface area contributed by atoms with E-state index in [-0.39, 0.29) is 29.7 Å². The average molecular weight is 302 g/mol. The van der Waals surface area contributed by atoms with Gasteiger partial charge < -0.3 is 10.5 Å². The van der Waals surface area contributed by atoms with Crippen molar-refractivity contribution in [1.29, 1.82) is 0 Å². The van der Waals surface area contributed by atoms with Gasteiger partial charge in [0, 0.05) is 26.3 Å². The number of carbonyl (C=O) groups excluding carboxylic acids is 1. The van der Waals surface area contributed by atoms with Gasteiger partial charge in [0.05, 0.1) is 13.0 Å². The summed E-state index contributed by atoms with van der Waals surface area (Å²) in [5.41, 5.74) is 5.62. The number of nitrogens with zero attached hydrogens (tertiary/aromatic N) is 3. The lowest BCUT2D eigenvalue weighted by atomic mass is 9.99. The van der Waals surface area contributed by atoms with E-state index in [1.54, 1.807) is 7.05 Å². The van der Waals surface area contributed by atoms with E-state index in [9.17, 15) is 13.2 Å². The summed E-state index contributed by atoms with van der Waals surface area (Å²) in [5, 5.41) is 3.84. The molecule has 2 heterocycles. The van der Waals surface area contributed by atoms with Gasteiger partial charge in [-0.3, -0.25) is 9.48 Å². The summed E-state index contributed by atoms with van der Waals surface area (Å²) in [4.78, 5) is 11.6. The number of ether oxygens (including phenoxy) is 1. The first kappa shape index (κ1) is 14.8. The van der Waals surface area contributed by atoms with Gasteiger partial charge in [0.25, 0.3) is 0 Å². The van der Waals surface area contributed by atoms with Crippen molar-refractivity contribution < 1.29 is 17.9 Å². The van der Waals surface area contributed by atoms with Gasteiger partial charge in [-0.2, -0.15) is 9.40 Å². The molecule has 1 aromatic heterocycles. The van der Waals surface area contributed by atoms with Gasteiger partial charge in [0.2, 0.25) is 10.0 Å². The molecule has 112 valence electrons. The minimum absolute atomic E-state index is 0.0299. The molecule has 1 aliphatic heterocycles. The zero-order valence-electron chi connectivity index (χ0n) is 11.6. The summed E-state index contributed by atoms with van der Waals surface area (Å²) < 4.78 is 32.3. The number of aryl methyl sites for hydroxylation is 1. The van der Waals surface area contributed by atoms with Crippen LogP contribution in [0.2, 0.25) is 0 Å². The Kier molecular flexibility index (Phi) is 3.74. The van der Waals surface area contributed by atoms with Crippen LogP contribution in [0.3, 0.4) is 0 Å². The number of carbonyl (C=O) groups is 1. The zero-order chi connectivity index (χ0) is 15.1. The van der Waals surface area contributed by atoms with Crippen molar-refractivity contribution in [3.05, 3.63) is 6.20 Å². The van der Waals surface area contributed by atoms with Crippen LogP contribution in [0.25, 0.3) is 0 Å². The normalized spacial score (nSPS) is 23.9. The van der Waals surface area contributed by atoms with Crippen LogP contribution in [-0.4, -0.2) is 48.7 Å². The summed E-state index contributed by atoms with van der Waals surface area (Å²) in [6, 6.07) is 0. The molecular weight excluding hydrogens is 284 g/mol. The van der Waals surface area contributed by atoms with Gasteiger partial charge >= 0.3 is 5.97 Å². The summed E-state index contributed by atoms with van der Waals surface area (Å²) in [5.74, 6) is -0.987. The van der Waals surface area contributed by atoms with Gasteiger partial charge in [-0.15, -0.1) is 0 Å². The van der Waals surface area contributed by atoms with Crippen molar-refractivity contribution in [2.24, 2.45) is 18.9 Å². The van der Waals surface area contributed by atoms with Crippen molar-refractivity contribution in [2.45, 2.75) is 11.8 Å². The number of nitrogen functional groups attached to an aromatic ring is 1. The molecule has 1 saturated heterocycles. The lowest BCUT2D eigenvalue weighted by Crippen LogP contribution is -2.30. The van der Waals surface area contributed by atoms with Crippen molar-refractivity contribution in [3.63, 3.8) is 0 Å². The van der Waals surface area contributed by atoms with Gasteiger partial charge in [0.15, 0.2) is 5.82 Å². The fourth-order valence-corrected chi connectivity index (χ4v) is 4.06. The first-order valence-electron chi connectivity index (χ1n) is 6.14. The maximum Gasteiger partial charge on any atom is 0.310 e. The Bertz CT molecular complexity index is 624. The van der Waals surface area contributed by atoms with Crippen molar-refractivity contribution in [3.8, 4) is 0 Å². The van der Waals surface area contributed by atoms with E-state index in [4.69, 9.17) is 10.5 Å². The molecule has 1 aliphatic rings. The molecule has 2 atom stereocenters. The zero-order valence-corrected chi connectivity index (χ0v) is 12.4. The number of rotatable bonds is 3. The van der Waals surface area contributed by atoms with Crippen LogP contribution in [0.4, 0.5) is 5.82 Å². The third-order valence-electron chi connectivity index (χ3n) is 3.52. The lowest BCUT2D eigenvalue weighted by molar-refractivity contribution is -0.145. The molecule has 2 rings (SSSR count). The van der Waals surface area contributed by atoms with E-state index in [2.05, 4.69) is 5.10 Å². The topological polar surface area (TPSA) is 108 Å². The Hall–Kier alpha value is -1.61. The number of methoxy groups -OCH3 is 1. The third-order valence-corrected chi connectivity index (χ3v) is 5.37. The summed E-state index contributed by atoms with van der Waals surface area (Å²) >= 11 is 0. The van der Waals surface area contributed by atoms with Crippen LogP contribution < -0.4 is 5.73 Å². The second kappa shape index (κ2) is 5.06. The maximum absolute atomic E-state index is 12.5. The third kappa shape index (κ3) is 2.38. The van der Waals surface area contributed by atoms with Crippen LogP contribution in [0.5, 0.6) is 0 Å². The summed E-state index contributed by atoms with van der Waals surface area (Å²) in [6.45, 7) is 2.19. The fraction of sp³-hybridized carbons (Fsp3) is 0.636. The van der Waals surface area contributed by atoms with Crippen molar-refractivity contribution in [2.75, 3.05) is 25.9 Å². The van der Waals surface area contributed by atoms with Crippen molar-refractivity contribution >= 4 is 21.8 Å². The average Bonchev–Trinajstić information content (AvgIpc) is 2.92. The van der Waals surface area contributed by atoms with E-state index in [0.29, 0.717) is 0 Å². The van der Waals surface area contributed by atoms with Gasteiger partial charge in [-0.05, 0) is 5.92 Å². The van der Waals surface area contributed by atoms with E-state index >= 15 is 0 Å². The Labute approximate surface area is 117 Å². The molecule has 2 N–H and O–H groups in total. The molecule has 9 heteroatoms. The molecule has 2 unspecified atom stereocenters. The van der Waals surface area contributed by atoms with E-state index in [1.165, 1.54) is 22.3 Å². The molecule has 0 bridgehead atoms. The van der Waals surface area contributed by atoms with E-state index in [0.717, 1.165) is 0 Å². The van der Waals surface area contributed by atoms with E-state index < -0.39 is 21.9 Å². The highest BCUT2D eigenvalue weighted by atomic mass is 32.2. The Balaban J connectivity index is 2.29. The molecule has 0 aliphatic carbocycles. The maximum atomic E-state index is 12.5. The van der Waals surface area contributed by atoms with Crippen LogP contribution in [0.1, 0.15) is 6.92 Å². The second-order valence-electron chi connectivity index (χ2n) is 4.98. The van der Waals surface area contributed by atoms with E-state index in [1.807, 2.05) is 6.92 Å². The Morgan fingerprint density at radius 1 is 1.50 bits per heavy atom. The minimum atomic E-state index is -3.74. The summed E-state index contributed by atoms with van der Waals surface area (Å²) in [7, 11) is -0.845. The smallest absolute Gasteiger partial charge is 0.310 e. The molecule has 0 aromatic carbocycles. The fourth-order valence-electron chi connectivity index (χ4n) is 2.40. The lowest BCUT2D eigenvalue weighted by Gasteiger charge is -2.15. The Morgan fingerprint density at radius 2 is 2.15 bits per heavy atom. The number of hydrogen-bond donors (Lipinski definition) is 1. The molecule has 1 aromatic rings. The number of hydrogen-bond acceptors (Lipinski definition) is 6. The molecular formula is C11H18N4O4S. The van der Waals surface area contributed by atoms with Gasteiger partial charge in [-0.1, -0.05) is 6.92 Å². The van der Waals surface area contributed by atoms with Crippen LogP contribution in [0.15, 0.2) is 11.1 Å². The SMILES string of the molecule is COC(=O)C1CN(S(=O)(=O)c2cn(C)nc2N)CC1C. The predicted molar refractivity (Wildman–Crippen MR) is 71.0 cm³/mol. The molecule has 0 saturated carbocycles. The number of aromatic nitrogens is 2. The number of anilines is 1. The summed E-state index contributed by atoms with van der Waals surface area (Å²) in [6.07, 6.45) is 1.36. The number of esters is 1. The Morgan fingerprint density at radius 3 is 2.65 bits per heavy atom. The number of nitrogens with two attached hydrogens (primary N) is 1. The molecule has 0 amide bonds. The quantitative estimate of drug-likeness (QED) is 0.749. The largest absolute Gasteiger partial charge is 0.469 e. The standard InChI is InChI=1S/C11H18N4O4S/c1-7-4-15(5-8(7)11(16)19-3)20(17,18)9-6-14(2)13-10(9)12/h6-8H,4-5H2,1-3H3,(H2,12,13). The van der Waals surface area contributed by atoms with Gasteiger partial charge in [0.1, 0.15) is 4.90 Å². The van der Waals surface area contributed by atoms with Crippen LogP contribution >= 0.6 is 0 Å². The highest BCUT2D eigenvalue weighted by Gasteiger charge is 2.42. The predicted octanol–water partition coefficient (Wildman–Crippen LogP) is -0.568. The highest BCUT2D eigenvalue weighted by Crippen LogP contribution is 2.30. The molecule has 1 fully saturated rings. The monoisotopic (exact) mass is 302 g/mol.